The topological polar surface area (TPSA) is 105 Å². The number of benzene rings is 2. The molecule has 2 heterocycles. The predicted octanol–water partition coefficient (Wildman–Crippen LogP) is 4.11. The molecule has 0 saturated carbocycles. The number of primary amides is 1. The Kier molecular flexibility index (Phi) is 7.68. The third-order valence-corrected chi connectivity index (χ3v) is 5.04. The van der Waals surface area contributed by atoms with Crippen LogP contribution in [-0.4, -0.2) is 42.2 Å². The van der Waals surface area contributed by atoms with Crippen molar-refractivity contribution in [1.29, 1.82) is 0 Å². The van der Waals surface area contributed by atoms with Crippen molar-refractivity contribution in [2.24, 2.45) is 5.73 Å². The quantitative estimate of drug-likeness (QED) is 0.489. The van der Waals surface area contributed by atoms with Gasteiger partial charge in [-0.3, -0.25) is 4.79 Å². The molecule has 1 aliphatic rings. The molecule has 3 aromatic rings. The van der Waals surface area contributed by atoms with Crippen molar-refractivity contribution in [1.82, 2.24) is 9.97 Å². The second kappa shape index (κ2) is 10.4. The molecule has 2 aromatic carbocycles. The molecule has 168 valence electrons. The number of anilines is 5. The highest BCUT2D eigenvalue weighted by Crippen LogP contribution is 2.28. The molecule has 0 aliphatic carbocycles. The zero-order valence-electron chi connectivity index (χ0n) is 16.8. The average molecular weight is 479 g/mol. The first-order chi connectivity index (χ1) is 15.0. The van der Waals surface area contributed by atoms with Crippen molar-refractivity contribution in [3.63, 3.8) is 0 Å². The Morgan fingerprint density at radius 2 is 1.88 bits per heavy atom. The minimum Gasteiger partial charge on any atom is -0.378 e. The van der Waals surface area contributed by atoms with Crippen molar-refractivity contribution >= 4 is 58.7 Å². The zero-order chi connectivity index (χ0) is 21.8. The minimum atomic E-state index is -0.589. The van der Waals surface area contributed by atoms with Crippen LogP contribution in [0.1, 0.15) is 10.4 Å². The number of nitrogens with one attached hydrogen (secondary N) is 2. The minimum absolute atomic E-state index is 0. The summed E-state index contributed by atoms with van der Waals surface area (Å²) in [5, 5.41) is 6.07. The molecule has 1 aliphatic heterocycles. The summed E-state index contributed by atoms with van der Waals surface area (Å²) in [6.07, 6.45) is 1.38. The number of ether oxygens (including phenoxy) is 1. The molecule has 1 aromatic heterocycles. The van der Waals surface area contributed by atoms with Crippen molar-refractivity contribution in [2.75, 3.05) is 41.8 Å². The molecule has 32 heavy (non-hydrogen) atoms. The van der Waals surface area contributed by atoms with Crippen LogP contribution in [0.25, 0.3) is 0 Å². The molecular formula is C21H21Cl2FN6O2. The maximum Gasteiger partial charge on any atom is 0.250 e. The molecular weight excluding hydrogens is 458 g/mol. The number of halogens is 3. The van der Waals surface area contributed by atoms with Gasteiger partial charge in [0.2, 0.25) is 5.95 Å². The van der Waals surface area contributed by atoms with E-state index in [1.54, 1.807) is 30.3 Å². The Balaban J connectivity index is 0.00000289. The van der Waals surface area contributed by atoms with Gasteiger partial charge in [0, 0.05) is 18.8 Å². The summed E-state index contributed by atoms with van der Waals surface area (Å²) in [6, 6.07) is 11.6. The van der Waals surface area contributed by atoms with Crippen LogP contribution >= 0.6 is 24.0 Å². The summed E-state index contributed by atoms with van der Waals surface area (Å²) in [5.41, 5.74) is 7.16. The molecule has 11 heteroatoms. The number of nitrogens with zero attached hydrogens (tertiary/aromatic N) is 3. The SMILES string of the molecule is Cl.NC(=O)c1ccccc1Nc1nc(Nc2ccc(N3CCOCC3)cc2F)ncc1Cl. The Morgan fingerprint density at radius 1 is 1.12 bits per heavy atom. The summed E-state index contributed by atoms with van der Waals surface area (Å²) in [5.74, 6) is -0.634. The largest absolute Gasteiger partial charge is 0.378 e. The molecule has 0 spiro atoms. The number of nitrogens with two attached hydrogens (primary N) is 1. The van der Waals surface area contributed by atoms with Gasteiger partial charge < -0.3 is 26.0 Å². The Hall–Kier alpha value is -3.14. The third kappa shape index (κ3) is 5.37. The van der Waals surface area contributed by atoms with E-state index in [9.17, 15) is 9.18 Å². The van der Waals surface area contributed by atoms with E-state index in [4.69, 9.17) is 22.1 Å². The summed E-state index contributed by atoms with van der Waals surface area (Å²) in [7, 11) is 0. The lowest BCUT2D eigenvalue weighted by Crippen LogP contribution is -2.36. The predicted molar refractivity (Wildman–Crippen MR) is 125 cm³/mol. The molecule has 4 N–H and O–H groups in total. The maximum atomic E-state index is 14.7. The van der Waals surface area contributed by atoms with Gasteiger partial charge in [-0.1, -0.05) is 23.7 Å². The standard InChI is InChI=1S/C21H20ClFN6O2.ClH/c22-15-12-25-21(28-20(15)26-17-4-2-1-3-14(17)19(24)30)27-18-6-5-13(11-16(18)23)29-7-9-31-10-8-29;/h1-6,11-12H,7-10H2,(H2,24,30)(H2,25,26,27,28);1H. The van der Waals surface area contributed by atoms with E-state index in [2.05, 4.69) is 25.5 Å². The number of hydrogen-bond acceptors (Lipinski definition) is 7. The number of aromatic nitrogens is 2. The van der Waals surface area contributed by atoms with Gasteiger partial charge in [-0.15, -0.1) is 12.4 Å². The fourth-order valence-electron chi connectivity index (χ4n) is 3.19. The van der Waals surface area contributed by atoms with E-state index in [1.807, 2.05) is 6.07 Å². The normalized spacial score (nSPS) is 13.2. The number of carbonyl (C=O) groups excluding carboxylic acids is 1. The van der Waals surface area contributed by atoms with Crippen LogP contribution in [0.15, 0.2) is 48.7 Å². The van der Waals surface area contributed by atoms with Crippen LogP contribution in [0.5, 0.6) is 0 Å². The second-order valence-electron chi connectivity index (χ2n) is 6.81. The number of hydrogen-bond donors (Lipinski definition) is 3. The van der Waals surface area contributed by atoms with Crippen LogP contribution in [0.2, 0.25) is 5.02 Å². The summed E-state index contributed by atoms with van der Waals surface area (Å²) >= 11 is 6.20. The molecule has 0 unspecified atom stereocenters. The average Bonchev–Trinajstić information content (AvgIpc) is 2.78. The van der Waals surface area contributed by atoms with E-state index in [-0.39, 0.29) is 40.4 Å². The molecule has 0 bridgehead atoms. The highest BCUT2D eigenvalue weighted by molar-refractivity contribution is 6.33. The van der Waals surface area contributed by atoms with Gasteiger partial charge in [-0.2, -0.15) is 4.98 Å². The number of amides is 1. The van der Waals surface area contributed by atoms with E-state index in [1.165, 1.54) is 12.3 Å². The van der Waals surface area contributed by atoms with Crippen molar-refractivity contribution in [2.45, 2.75) is 0 Å². The Bertz CT molecular complexity index is 1110. The lowest BCUT2D eigenvalue weighted by Gasteiger charge is -2.29. The van der Waals surface area contributed by atoms with E-state index >= 15 is 0 Å². The van der Waals surface area contributed by atoms with Crippen molar-refractivity contribution in [3.05, 3.63) is 65.1 Å². The molecule has 4 rings (SSSR count). The van der Waals surface area contributed by atoms with Crippen LogP contribution in [-0.2, 0) is 4.74 Å². The highest BCUT2D eigenvalue weighted by Gasteiger charge is 2.15. The first-order valence-electron chi connectivity index (χ1n) is 9.59. The molecule has 1 fully saturated rings. The molecule has 1 amide bonds. The Morgan fingerprint density at radius 3 is 2.59 bits per heavy atom. The molecule has 0 radical (unpaired) electrons. The second-order valence-corrected chi connectivity index (χ2v) is 7.22. The first-order valence-corrected chi connectivity index (χ1v) is 9.97. The monoisotopic (exact) mass is 478 g/mol. The van der Waals surface area contributed by atoms with Gasteiger partial charge >= 0.3 is 0 Å². The fraction of sp³-hybridized carbons (Fsp3) is 0.190. The van der Waals surface area contributed by atoms with E-state index < -0.39 is 11.7 Å². The van der Waals surface area contributed by atoms with Gasteiger partial charge in [0.1, 0.15) is 10.8 Å². The van der Waals surface area contributed by atoms with E-state index in [0.717, 1.165) is 5.69 Å². The van der Waals surface area contributed by atoms with Crippen LogP contribution in [0.3, 0.4) is 0 Å². The number of rotatable bonds is 6. The van der Waals surface area contributed by atoms with Crippen LogP contribution in [0, 0.1) is 5.82 Å². The summed E-state index contributed by atoms with van der Waals surface area (Å²) < 4.78 is 20.0. The van der Waals surface area contributed by atoms with Gasteiger partial charge in [-0.25, -0.2) is 9.37 Å². The van der Waals surface area contributed by atoms with Gasteiger partial charge in [0.15, 0.2) is 5.82 Å². The van der Waals surface area contributed by atoms with Crippen LogP contribution < -0.4 is 21.3 Å². The van der Waals surface area contributed by atoms with E-state index in [0.29, 0.717) is 32.0 Å². The van der Waals surface area contributed by atoms with Gasteiger partial charge in [0.25, 0.3) is 5.91 Å². The summed E-state index contributed by atoms with van der Waals surface area (Å²) in [6.45, 7) is 2.67. The number of para-hydroxylation sites is 1. The lowest BCUT2D eigenvalue weighted by atomic mass is 10.1. The number of morpholine rings is 1. The molecule has 0 atom stereocenters. The molecule has 8 nitrogen and oxygen atoms in total. The van der Waals surface area contributed by atoms with Crippen molar-refractivity contribution in [3.8, 4) is 0 Å². The maximum absolute atomic E-state index is 14.7. The smallest absolute Gasteiger partial charge is 0.250 e. The van der Waals surface area contributed by atoms with Gasteiger partial charge in [0.05, 0.1) is 36.3 Å². The lowest BCUT2D eigenvalue weighted by molar-refractivity contribution is 0.100. The fourth-order valence-corrected chi connectivity index (χ4v) is 3.33. The first kappa shape index (κ1) is 23.5. The molecule has 1 saturated heterocycles. The van der Waals surface area contributed by atoms with Gasteiger partial charge in [-0.05, 0) is 30.3 Å². The third-order valence-electron chi connectivity index (χ3n) is 4.77. The highest BCUT2D eigenvalue weighted by atomic mass is 35.5. The zero-order valence-corrected chi connectivity index (χ0v) is 18.4. The Labute approximate surface area is 195 Å². The number of carbonyl (C=O) groups is 1. The summed E-state index contributed by atoms with van der Waals surface area (Å²) in [4.78, 5) is 22.1. The van der Waals surface area contributed by atoms with Crippen molar-refractivity contribution < 1.29 is 13.9 Å². The van der Waals surface area contributed by atoms with Crippen LogP contribution in [0.4, 0.5) is 33.2 Å².